The highest BCUT2D eigenvalue weighted by atomic mass is 19.1. The van der Waals surface area contributed by atoms with E-state index in [0.717, 1.165) is 49.7 Å². The second-order valence-corrected chi connectivity index (χ2v) is 6.68. The first-order chi connectivity index (χ1) is 11.5. The molecule has 0 unspecified atom stereocenters. The van der Waals surface area contributed by atoms with Gasteiger partial charge in [-0.25, -0.2) is 8.78 Å². The monoisotopic (exact) mass is 332 g/mol. The van der Waals surface area contributed by atoms with Crippen molar-refractivity contribution in [3.63, 3.8) is 0 Å². The Morgan fingerprint density at radius 3 is 1.50 bits per heavy atom. The van der Waals surface area contributed by atoms with Crippen LogP contribution in [0.5, 0.6) is 11.5 Å². The number of rotatable bonds is 2. The Morgan fingerprint density at radius 1 is 0.667 bits per heavy atom. The Hall–Kier alpha value is -2.10. The molecule has 0 aliphatic heterocycles. The van der Waals surface area contributed by atoms with Crippen molar-refractivity contribution in [1.29, 1.82) is 0 Å². The Labute approximate surface area is 140 Å². The first-order valence-corrected chi connectivity index (χ1v) is 8.51. The van der Waals surface area contributed by atoms with E-state index in [4.69, 9.17) is 0 Å². The summed E-state index contributed by atoms with van der Waals surface area (Å²) in [5.41, 5.74) is 1.01. The Balaban J connectivity index is 2.14. The van der Waals surface area contributed by atoms with Crippen molar-refractivity contribution in [2.75, 3.05) is 0 Å². The van der Waals surface area contributed by atoms with Crippen molar-refractivity contribution in [1.82, 2.24) is 0 Å². The molecule has 1 aliphatic carbocycles. The number of hydrogen-bond acceptors (Lipinski definition) is 2. The van der Waals surface area contributed by atoms with E-state index in [1.165, 1.54) is 30.7 Å². The number of phenolic OH excluding ortho intramolecular Hbond substituents is 2. The van der Waals surface area contributed by atoms with Crippen LogP contribution < -0.4 is 0 Å². The highest BCUT2D eigenvalue weighted by Crippen LogP contribution is 2.44. The SMILES string of the molecule is Oc1ccc(C2(c3ccc(O)c(F)c3)CCCCCCC2)cc1F. The van der Waals surface area contributed by atoms with Crippen LogP contribution in [0.25, 0.3) is 0 Å². The van der Waals surface area contributed by atoms with Gasteiger partial charge in [-0.1, -0.05) is 44.2 Å². The Kier molecular flexibility index (Phi) is 4.74. The van der Waals surface area contributed by atoms with Crippen LogP contribution in [0.15, 0.2) is 36.4 Å². The summed E-state index contributed by atoms with van der Waals surface area (Å²) in [6, 6.07) is 8.91. The smallest absolute Gasteiger partial charge is 0.165 e. The number of phenols is 2. The van der Waals surface area contributed by atoms with Gasteiger partial charge in [0, 0.05) is 5.41 Å². The summed E-state index contributed by atoms with van der Waals surface area (Å²) in [4.78, 5) is 0. The topological polar surface area (TPSA) is 40.5 Å². The zero-order chi connectivity index (χ0) is 17.2. The standard InChI is InChI=1S/C20H22F2O2/c21-16-12-14(6-8-18(16)23)20(10-4-2-1-3-5-11-20)15-7-9-19(24)17(22)13-15/h6-9,12-13,23-24H,1-5,10-11H2. The molecule has 1 saturated carbocycles. The van der Waals surface area contributed by atoms with E-state index in [-0.39, 0.29) is 11.5 Å². The minimum Gasteiger partial charge on any atom is -0.505 e. The van der Waals surface area contributed by atoms with Crippen LogP contribution in [0, 0.1) is 11.6 Å². The van der Waals surface area contributed by atoms with Gasteiger partial charge in [0.1, 0.15) is 0 Å². The molecule has 0 spiro atoms. The molecule has 0 radical (unpaired) electrons. The van der Waals surface area contributed by atoms with Crippen molar-refractivity contribution in [2.45, 2.75) is 50.4 Å². The lowest BCUT2D eigenvalue weighted by molar-refractivity contribution is 0.360. The first-order valence-electron chi connectivity index (χ1n) is 8.51. The number of hydrogen-bond donors (Lipinski definition) is 2. The number of aromatic hydroxyl groups is 2. The molecule has 0 amide bonds. The van der Waals surface area contributed by atoms with Crippen LogP contribution in [0.1, 0.15) is 56.1 Å². The summed E-state index contributed by atoms with van der Waals surface area (Å²) < 4.78 is 28.0. The maximum atomic E-state index is 14.0. The maximum Gasteiger partial charge on any atom is 0.165 e. The highest BCUT2D eigenvalue weighted by molar-refractivity contribution is 5.44. The van der Waals surface area contributed by atoms with Crippen molar-refractivity contribution in [2.24, 2.45) is 0 Å². The second-order valence-electron chi connectivity index (χ2n) is 6.68. The fourth-order valence-electron chi connectivity index (χ4n) is 3.86. The first kappa shape index (κ1) is 16.7. The zero-order valence-electron chi connectivity index (χ0n) is 13.6. The largest absolute Gasteiger partial charge is 0.505 e. The van der Waals surface area contributed by atoms with Crippen LogP contribution in [-0.2, 0) is 5.41 Å². The molecule has 128 valence electrons. The lowest BCUT2D eigenvalue weighted by Crippen LogP contribution is -2.29. The molecule has 0 saturated heterocycles. The third-order valence-electron chi connectivity index (χ3n) is 5.21. The van der Waals surface area contributed by atoms with E-state index in [2.05, 4.69) is 0 Å². The fraction of sp³-hybridized carbons (Fsp3) is 0.400. The van der Waals surface area contributed by atoms with Gasteiger partial charge < -0.3 is 10.2 Å². The third kappa shape index (κ3) is 3.10. The van der Waals surface area contributed by atoms with Crippen molar-refractivity contribution in [3.05, 3.63) is 59.2 Å². The Bertz CT molecular complexity index is 666. The summed E-state index contributed by atoms with van der Waals surface area (Å²) in [5.74, 6) is -2.07. The fourth-order valence-corrected chi connectivity index (χ4v) is 3.86. The molecule has 1 fully saturated rings. The molecule has 2 nitrogen and oxygen atoms in total. The molecule has 0 heterocycles. The van der Waals surface area contributed by atoms with Gasteiger partial charge in [0.05, 0.1) is 0 Å². The summed E-state index contributed by atoms with van der Waals surface area (Å²) in [6.07, 6.45) is 6.93. The van der Waals surface area contributed by atoms with E-state index in [0.29, 0.717) is 0 Å². The van der Waals surface area contributed by atoms with E-state index in [1.54, 1.807) is 12.1 Å². The number of halogens is 2. The van der Waals surface area contributed by atoms with Gasteiger partial charge in [0.2, 0.25) is 0 Å². The van der Waals surface area contributed by atoms with E-state index >= 15 is 0 Å². The quantitative estimate of drug-likeness (QED) is 0.772. The second kappa shape index (κ2) is 6.80. The molecule has 4 heteroatoms. The summed E-state index contributed by atoms with van der Waals surface area (Å²) in [5, 5.41) is 19.0. The molecule has 0 aromatic heterocycles. The lowest BCUT2D eigenvalue weighted by atomic mass is 9.67. The molecule has 2 aromatic rings. The van der Waals surface area contributed by atoms with Gasteiger partial charge in [-0.2, -0.15) is 0 Å². The van der Waals surface area contributed by atoms with Crippen molar-refractivity contribution >= 4 is 0 Å². The minimum atomic E-state index is -0.659. The maximum absolute atomic E-state index is 14.0. The molecular weight excluding hydrogens is 310 g/mol. The van der Waals surface area contributed by atoms with Gasteiger partial charge in [-0.15, -0.1) is 0 Å². The zero-order valence-corrected chi connectivity index (χ0v) is 13.6. The average Bonchev–Trinajstić information content (AvgIpc) is 2.53. The molecule has 0 atom stereocenters. The number of benzene rings is 2. The predicted octanol–water partition coefficient (Wildman–Crippen LogP) is 5.41. The lowest BCUT2D eigenvalue weighted by Gasteiger charge is -2.37. The van der Waals surface area contributed by atoms with E-state index < -0.39 is 17.0 Å². The van der Waals surface area contributed by atoms with Gasteiger partial charge in [0.25, 0.3) is 0 Å². The van der Waals surface area contributed by atoms with Crippen molar-refractivity contribution in [3.8, 4) is 11.5 Å². The summed E-state index contributed by atoms with van der Waals surface area (Å²) in [6.45, 7) is 0. The van der Waals surface area contributed by atoms with Gasteiger partial charge in [0.15, 0.2) is 23.1 Å². The average molecular weight is 332 g/mol. The van der Waals surface area contributed by atoms with Gasteiger partial charge in [-0.3, -0.25) is 0 Å². The van der Waals surface area contributed by atoms with E-state index in [9.17, 15) is 19.0 Å². The van der Waals surface area contributed by atoms with Crippen LogP contribution in [0.3, 0.4) is 0 Å². The van der Waals surface area contributed by atoms with Gasteiger partial charge >= 0.3 is 0 Å². The molecule has 24 heavy (non-hydrogen) atoms. The molecular formula is C20H22F2O2. The molecule has 3 rings (SSSR count). The van der Waals surface area contributed by atoms with Crippen LogP contribution >= 0.6 is 0 Å². The van der Waals surface area contributed by atoms with Crippen LogP contribution in [-0.4, -0.2) is 10.2 Å². The van der Waals surface area contributed by atoms with Crippen LogP contribution in [0.2, 0.25) is 0 Å². The normalized spacial score (nSPS) is 17.9. The van der Waals surface area contributed by atoms with Gasteiger partial charge in [-0.05, 0) is 48.2 Å². The molecule has 1 aliphatic rings. The molecule has 0 bridgehead atoms. The summed E-state index contributed by atoms with van der Waals surface area (Å²) >= 11 is 0. The van der Waals surface area contributed by atoms with Crippen molar-refractivity contribution < 1.29 is 19.0 Å². The molecule has 2 N–H and O–H groups in total. The Morgan fingerprint density at radius 2 is 1.08 bits per heavy atom. The van der Waals surface area contributed by atoms with E-state index in [1.807, 2.05) is 0 Å². The predicted molar refractivity (Wildman–Crippen MR) is 89.2 cm³/mol. The highest BCUT2D eigenvalue weighted by Gasteiger charge is 2.35. The molecule has 2 aromatic carbocycles. The third-order valence-corrected chi connectivity index (χ3v) is 5.21. The minimum absolute atomic E-state index is 0.378. The van der Waals surface area contributed by atoms with Crippen LogP contribution in [0.4, 0.5) is 8.78 Å². The summed E-state index contributed by atoms with van der Waals surface area (Å²) in [7, 11) is 0.